The molecule has 1 aliphatic rings. The number of ether oxygens (including phenoxy) is 2. The third-order valence-electron chi connectivity index (χ3n) is 5.52. The van der Waals surface area contributed by atoms with E-state index in [4.69, 9.17) is 9.47 Å². The zero-order chi connectivity index (χ0) is 22.5. The lowest BCUT2D eigenvalue weighted by Gasteiger charge is -2.25. The molecule has 164 valence electrons. The average Bonchev–Trinajstić information content (AvgIpc) is 2.95. The molecule has 0 bridgehead atoms. The lowest BCUT2D eigenvalue weighted by Crippen LogP contribution is -2.39. The smallest absolute Gasteiger partial charge is 0.258 e. The maximum Gasteiger partial charge on any atom is 0.258 e. The van der Waals surface area contributed by atoms with Gasteiger partial charge in [0.25, 0.3) is 5.91 Å². The third-order valence-corrected chi connectivity index (χ3v) is 5.52. The fraction of sp³-hybridized carbons (Fsp3) is 0.231. The van der Waals surface area contributed by atoms with Crippen LogP contribution < -0.4 is 19.3 Å². The Morgan fingerprint density at radius 3 is 2.22 bits per heavy atom. The molecule has 1 atom stereocenters. The number of anilines is 2. The molecule has 4 rings (SSSR count). The zero-order valence-corrected chi connectivity index (χ0v) is 18.2. The number of hydrogen-bond donors (Lipinski definition) is 0. The predicted octanol–water partition coefficient (Wildman–Crippen LogP) is 4.40. The monoisotopic (exact) mass is 430 g/mol. The van der Waals surface area contributed by atoms with Crippen molar-refractivity contribution in [3.63, 3.8) is 0 Å². The molecule has 0 saturated heterocycles. The van der Waals surface area contributed by atoms with Gasteiger partial charge in [-0.25, -0.2) is 0 Å². The highest BCUT2D eigenvalue weighted by molar-refractivity contribution is 6.11. The van der Waals surface area contributed by atoms with E-state index in [1.54, 1.807) is 29.0 Å². The molecular weight excluding hydrogens is 404 g/mol. The van der Waals surface area contributed by atoms with Crippen LogP contribution in [0.15, 0.2) is 78.9 Å². The molecule has 0 N–H and O–H groups in total. The van der Waals surface area contributed by atoms with E-state index >= 15 is 0 Å². The van der Waals surface area contributed by atoms with Crippen molar-refractivity contribution >= 4 is 23.2 Å². The van der Waals surface area contributed by atoms with Crippen molar-refractivity contribution in [1.29, 1.82) is 0 Å². The van der Waals surface area contributed by atoms with Crippen molar-refractivity contribution in [2.75, 3.05) is 36.6 Å². The minimum Gasteiger partial charge on any atom is -0.497 e. The van der Waals surface area contributed by atoms with Gasteiger partial charge in [-0.1, -0.05) is 37.3 Å². The number of hydrogen-bond acceptors (Lipinski definition) is 4. The SMILES string of the molecule is COc1ccc(OCCN2C(=O)C(C)CN(C(=O)c3ccccc3)c3ccccc32)cc1. The van der Waals surface area contributed by atoms with Gasteiger partial charge in [-0.3, -0.25) is 9.59 Å². The minimum absolute atomic E-state index is 0.0286. The number of nitrogens with zero attached hydrogens (tertiary/aromatic N) is 2. The van der Waals surface area contributed by atoms with Gasteiger partial charge in [0.2, 0.25) is 5.91 Å². The van der Waals surface area contributed by atoms with E-state index < -0.39 is 0 Å². The second-order valence-corrected chi connectivity index (χ2v) is 7.69. The van der Waals surface area contributed by atoms with Crippen molar-refractivity contribution in [1.82, 2.24) is 0 Å². The van der Waals surface area contributed by atoms with Gasteiger partial charge in [0.1, 0.15) is 18.1 Å². The van der Waals surface area contributed by atoms with Crippen LogP contribution >= 0.6 is 0 Å². The molecule has 0 spiro atoms. The molecule has 0 fully saturated rings. The summed E-state index contributed by atoms with van der Waals surface area (Å²) in [6.07, 6.45) is 0. The second kappa shape index (κ2) is 9.56. The number of benzene rings is 3. The van der Waals surface area contributed by atoms with Crippen molar-refractivity contribution in [3.05, 3.63) is 84.4 Å². The number of amides is 2. The number of methoxy groups -OCH3 is 1. The third kappa shape index (κ3) is 4.44. The lowest BCUT2D eigenvalue weighted by molar-refractivity contribution is -0.121. The van der Waals surface area contributed by atoms with Gasteiger partial charge in [0.05, 0.1) is 30.9 Å². The van der Waals surface area contributed by atoms with E-state index in [-0.39, 0.29) is 17.7 Å². The highest BCUT2D eigenvalue weighted by Gasteiger charge is 2.33. The summed E-state index contributed by atoms with van der Waals surface area (Å²) in [5.74, 6) is 0.963. The van der Waals surface area contributed by atoms with Gasteiger partial charge in [0, 0.05) is 12.1 Å². The molecule has 3 aromatic carbocycles. The van der Waals surface area contributed by atoms with E-state index in [2.05, 4.69) is 0 Å². The number of carbonyl (C=O) groups excluding carboxylic acids is 2. The summed E-state index contributed by atoms with van der Waals surface area (Å²) < 4.78 is 11.0. The first kappa shape index (κ1) is 21.4. The predicted molar refractivity (Wildman–Crippen MR) is 125 cm³/mol. The van der Waals surface area contributed by atoms with Gasteiger partial charge < -0.3 is 19.3 Å². The molecule has 0 aromatic heterocycles. The molecule has 0 saturated carbocycles. The Morgan fingerprint density at radius 1 is 0.906 bits per heavy atom. The van der Waals surface area contributed by atoms with Gasteiger partial charge in [-0.05, 0) is 48.5 Å². The van der Waals surface area contributed by atoms with Crippen LogP contribution in [0, 0.1) is 5.92 Å². The van der Waals surface area contributed by atoms with Crippen molar-refractivity contribution < 1.29 is 19.1 Å². The summed E-state index contributed by atoms with van der Waals surface area (Å²) in [5, 5.41) is 0. The van der Waals surface area contributed by atoms with Crippen molar-refractivity contribution in [2.45, 2.75) is 6.92 Å². The average molecular weight is 431 g/mol. The Labute approximate surface area is 188 Å². The van der Waals surface area contributed by atoms with E-state index in [9.17, 15) is 9.59 Å². The highest BCUT2D eigenvalue weighted by Crippen LogP contribution is 2.35. The second-order valence-electron chi connectivity index (χ2n) is 7.69. The molecule has 1 heterocycles. The first-order valence-corrected chi connectivity index (χ1v) is 10.6. The summed E-state index contributed by atoms with van der Waals surface area (Å²) in [5.41, 5.74) is 2.03. The molecule has 2 amide bonds. The summed E-state index contributed by atoms with van der Waals surface area (Å²) in [4.78, 5) is 30.0. The molecule has 0 radical (unpaired) electrons. The van der Waals surface area contributed by atoms with E-state index in [0.717, 1.165) is 11.4 Å². The Morgan fingerprint density at radius 2 is 1.53 bits per heavy atom. The van der Waals surface area contributed by atoms with Crippen LogP contribution in [0.1, 0.15) is 17.3 Å². The van der Waals surface area contributed by atoms with Crippen LogP contribution in [-0.2, 0) is 4.79 Å². The number of fused-ring (bicyclic) bond motifs is 1. The largest absolute Gasteiger partial charge is 0.497 e. The maximum atomic E-state index is 13.3. The zero-order valence-electron chi connectivity index (χ0n) is 18.2. The Bertz CT molecular complexity index is 1080. The van der Waals surface area contributed by atoms with E-state index in [0.29, 0.717) is 36.7 Å². The summed E-state index contributed by atoms with van der Waals surface area (Å²) in [7, 11) is 1.62. The quantitative estimate of drug-likeness (QED) is 0.582. The lowest BCUT2D eigenvalue weighted by atomic mass is 10.1. The molecule has 0 aliphatic carbocycles. The van der Waals surface area contributed by atoms with Crippen LogP contribution in [0.4, 0.5) is 11.4 Å². The fourth-order valence-corrected chi connectivity index (χ4v) is 3.84. The van der Waals surface area contributed by atoms with Crippen LogP contribution in [0.3, 0.4) is 0 Å². The standard InChI is InChI=1S/C26H26N2O4/c1-19-18-28(26(30)20-8-4-3-5-9-20)24-11-7-6-10-23(24)27(25(19)29)16-17-32-22-14-12-21(31-2)13-15-22/h3-15,19H,16-18H2,1-2H3. The van der Waals surface area contributed by atoms with Gasteiger partial charge >= 0.3 is 0 Å². The van der Waals surface area contributed by atoms with Gasteiger partial charge in [0.15, 0.2) is 0 Å². The normalized spacial score (nSPS) is 15.7. The summed E-state index contributed by atoms with van der Waals surface area (Å²) in [6.45, 7) is 2.88. The molecule has 3 aromatic rings. The van der Waals surface area contributed by atoms with Gasteiger partial charge in [-0.2, -0.15) is 0 Å². The first-order chi connectivity index (χ1) is 15.6. The van der Waals surface area contributed by atoms with Crippen molar-refractivity contribution in [2.24, 2.45) is 5.92 Å². The van der Waals surface area contributed by atoms with Gasteiger partial charge in [-0.15, -0.1) is 0 Å². The Balaban J connectivity index is 1.57. The maximum absolute atomic E-state index is 13.3. The van der Waals surface area contributed by atoms with E-state index in [1.165, 1.54) is 0 Å². The number of carbonyl (C=O) groups is 2. The fourth-order valence-electron chi connectivity index (χ4n) is 3.84. The van der Waals surface area contributed by atoms with Crippen molar-refractivity contribution in [3.8, 4) is 11.5 Å². The number of rotatable bonds is 6. The molecule has 1 aliphatic heterocycles. The minimum atomic E-state index is -0.351. The Hall–Kier alpha value is -3.80. The molecule has 1 unspecified atom stereocenters. The topological polar surface area (TPSA) is 59.1 Å². The highest BCUT2D eigenvalue weighted by atomic mass is 16.5. The Kier molecular flexibility index (Phi) is 6.40. The summed E-state index contributed by atoms with van der Waals surface area (Å²) in [6, 6.07) is 24.0. The van der Waals surface area contributed by atoms with Crippen LogP contribution in [0.25, 0.3) is 0 Å². The molecular formula is C26H26N2O4. The first-order valence-electron chi connectivity index (χ1n) is 10.6. The van der Waals surface area contributed by atoms with Crippen LogP contribution in [-0.4, -0.2) is 38.6 Å². The van der Waals surface area contributed by atoms with Crippen LogP contribution in [0.2, 0.25) is 0 Å². The van der Waals surface area contributed by atoms with E-state index in [1.807, 2.05) is 73.7 Å². The van der Waals surface area contributed by atoms with Crippen LogP contribution in [0.5, 0.6) is 11.5 Å². The number of para-hydroxylation sites is 2. The molecule has 6 heteroatoms. The summed E-state index contributed by atoms with van der Waals surface area (Å²) >= 11 is 0. The molecule has 32 heavy (non-hydrogen) atoms. The molecule has 6 nitrogen and oxygen atoms in total.